The summed E-state index contributed by atoms with van der Waals surface area (Å²) in [5.41, 5.74) is 2.21. The van der Waals surface area contributed by atoms with E-state index in [9.17, 15) is 9.59 Å². The zero-order chi connectivity index (χ0) is 16.7. The smallest absolute Gasteiger partial charge is 0.242 e. The summed E-state index contributed by atoms with van der Waals surface area (Å²) in [4.78, 5) is 26.3. The van der Waals surface area contributed by atoms with Crippen molar-refractivity contribution in [3.8, 4) is 0 Å². The van der Waals surface area contributed by atoms with E-state index >= 15 is 0 Å². The van der Waals surface area contributed by atoms with Gasteiger partial charge in [-0.3, -0.25) is 9.59 Å². The van der Waals surface area contributed by atoms with Crippen molar-refractivity contribution in [3.05, 3.63) is 35.4 Å². The van der Waals surface area contributed by atoms with Crippen LogP contribution in [0.5, 0.6) is 0 Å². The van der Waals surface area contributed by atoms with Gasteiger partial charge in [-0.05, 0) is 38.3 Å². The topological polar surface area (TPSA) is 49.4 Å². The van der Waals surface area contributed by atoms with Crippen LogP contribution in [0, 0.1) is 6.92 Å². The molecule has 0 aliphatic heterocycles. The normalized spacial score (nSPS) is 13.3. The Morgan fingerprint density at radius 1 is 1.18 bits per heavy atom. The quantitative estimate of drug-likeness (QED) is 0.841. The number of amides is 2. The van der Waals surface area contributed by atoms with Crippen LogP contribution in [0.3, 0.4) is 0 Å². The number of hydrogen-bond donors (Lipinski definition) is 1. The Morgan fingerprint density at radius 3 is 2.36 bits per heavy atom. The molecule has 122 valence electrons. The minimum absolute atomic E-state index is 0.00458. The molecule has 0 fully saturated rings. The molecule has 0 aliphatic rings. The number of hydrogen-bond acceptors (Lipinski definition) is 2. The number of aryl methyl sites for hydroxylation is 1. The predicted octanol–water partition coefficient (Wildman–Crippen LogP) is 3.04. The first-order chi connectivity index (χ1) is 10.4. The summed E-state index contributed by atoms with van der Waals surface area (Å²) < 4.78 is 0. The number of carbonyl (C=O) groups excluding carboxylic acids is 2. The number of nitrogens with one attached hydrogen (secondary N) is 1. The second kappa shape index (κ2) is 8.57. The molecule has 1 aromatic rings. The molecular weight excluding hydrogens is 276 g/mol. The third kappa shape index (κ3) is 4.86. The van der Waals surface area contributed by atoms with E-state index in [1.54, 1.807) is 11.8 Å². The molecule has 2 amide bonds. The van der Waals surface area contributed by atoms with Crippen LogP contribution in [0.25, 0.3) is 0 Å². The fraction of sp³-hybridized carbons (Fsp3) is 0.556. The van der Waals surface area contributed by atoms with Crippen LogP contribution in [0.4, 0.5) is 0 Å². The van der Waals surface area contributed by atoms with Crippen LogP contribution < -0.4 is 5.32 Å². The predicted molar refractivity (Wildman–Crippen MR) is 89.4 cm³/mol. The van der Waals surface area contributed by atoms with Crippen molar-refractivity contribution in [3.63, 3.8) is 0 Å². The number of rotatable bonds is 7. The van der Waals surface area contributed by atoms with Gasteiger partial charge in [0.05, 0.1) is 0 Å². The Kier molecular flexibility index (Phi) is 7.09. The molecule has 0 heterocycles. The Balaban J connectivity index is 2.91. The Morgan fingerprint density at radius 2 is 1.82 bits per heavy atom. The van der Waals surface area contributed by atoms with E-state index < -0.39 is 6.04 Å². The molecule has 1 N–H and O–H groups in total. The third-order valence-corrected chi connectivity index (χ3v) is 4.07. The number of benzene rings is 1. The van der Waals surface area contributed by atoms with Crippen molar-refractivity contribution in [1.29, 1.82) is 0 Å². The van der Waals surface area contributed by atoms with Crippen molar-refractivity contribution in [2.45, 2.75) is 66.1 Å². The van der Waals surface area contributed by atoms with Crippen molar-refractivity contribution < 1.29 is 9.59 Å². The van der Waals surface area contributed by atoms with Gasteiger partial charge in [0.15, 0.2) is 0 Å². The van der Waals surface area contributed by atoms with Gasteiger partial charge in [-0.1, -0.05) is 38.1 Å². The molecule has 0 aromatic heterocycles. The second-order valence-corrected chi connectivity index (χ2v) is 5.80. The van der Waals surface area contributed by atoms with Crippen LogP contribution in [-0.4, -0.2) is 28.8 Å². The van der Waals surface area contributed by atoms with Gasteiger partial charge in [-0.2, -0.15) is 0 Å². The minimum atomic E-state index is -0.471. The summed E-state index contributed by atoms with van der Waals surface area (Å²) in [7, 11) is 0. The highest BCUT2D eigenvalue weighted by Gasteiger charge is 2.25. The molecule has 22 heavy (non-hydrogen) atoms. The van der Waals surface area contributed by atoms with E-state index in [-0.39, 0.29) is 17.9 Å². The molecule has 4 nitrogen and oxygen atoms in total. The van der Waals surface area contributed by atoms with Crippen LogP contribution in [0.15, 0.2) is 24.3 Å². The maximum Gasteiger partial charge on any atom is 0.242 e. The molecule has 2 atom stereocenters. The minimum Gasteiger partial charge on any atom is -0.352 e. The lowest BCUT2D eigenvalue weighted by Gasteiger charge is -2.29. The van der Waals surface area contributed by atoms with Gasteiger partial charge in [0, 0.05) is 19.0 Å². The molecule has 0 radical (unpaired) electrons. The number of nitrogens with zero attached hydrogens (tertiary/aromatic N) is 1. The first-order valence-electron chi connectivity index (χ1n) is 8.05. The summed E-state index contributed by atoms with van der Waals surface area (Å²) in [6.07, 6.45) is 1.27. The van der Waals surface area contributed by atoms with Crippen molar-refractivity contribution >= 4 is 11.8 Å². The lowest BCUT2D eigenvalue weighted by molar-refractivity contribution is -0.140. The maximum atomic E-state index is 12.3. The highest BCUT2D eigenvalue weighted by Crippen LogP contribution is 2.14. The van der Waals surface area contributed by atoms with Gasteiger partial charge in [0.25, 0.3) is 0 Å². The molecule has 0 aliphatic carbocycles. The summed E-state index contributed by atoms with van der Waals surface area (Å²) in [5.74, 6) is -0.0974. The summed E-state index contributed by atoms with van der Waals surface area (Å²) >= 11 is 0. The SMILES string of the molecule is CCC(=O)N(Cc1ccccc1C)[C@H](C)C(=O)N[C@@H](C)CC. The fourth-order valence-corrected chi connectivity index (χ4v) is 2.22. The first-order valence-corrected chi connectivity index (χ1v) is 8.05. The zero-order valence-corrected chi connectivity index (χ0v) is 14.3. The molecule has 1 rings (SSSR count). The van der Waals surface area contributed by atoms with Crippen LogP contribution in [0.2, 0.25) is 0 Å². The molecule has 1 aromatic carbocycles. The van der Waals surface area contributed by atoms with E-state index in [1.807, 2.05) is 52.0 Å². The monoisotopic (exact) mass is 304 g/mol. The summed E-state index contributed by atoms with van der Waals surface area (Å²) in [6, 6.07) is 7.61. The summed E-state index contributed by atoms with van der Waals surface area (Å²) in [5, 5.41) is 2.96. The molecule has 0 saturated heterocycles. The van der Waals surface area contributed by atoms with E-state index in [0.717, 1.165) is 17.5 Å². The fourth-order valence-electron chi connectivity index (χ4n) is 2.22. The third-order valence-electron chi connectivity index (χ3n) is 4.07. The summed E-state index contributed by atoms with van der Waals surface area (Å²) in [6.45, 7) is 10.1. The maximum absolute atomic E-state index is 12.3. The zero-order valence-electron chi connectivity index (χ0n) is 14.3. The van der Waals surface area contributed by atoms with Gasteiger partial charge in [0.2, 0.25) is 11.8 Å². The standard InChI is InChI=1S/C18H28N2O2/c1-6-14(4)19-18(22)15(5)20(17(21)7-2)12-16-11-9-8-10-13(16)3/h8-11,14-15H,6-7,12H2,1-5H3,(H,19,22)/t14-,15+/m0/s1. The van der Waals surface area contributed by atoms with Crippen molar-refractivity contribution in [2.24, 2.45) is 0 Å². The Bertz CT molecular complexity index is 514. The average Bonchev–Trinajstić information content (AvgIpc) is 2.52. The highest BCUT2D eigenvalue weighted by molar-refractivity contribution is 5.87. The first kappa shape index (κ1) is 18.2. The van der Waals surface area contributed by atoms with Gasteiger partial charge in [-0.15, -0.1) is 0 Å². The lowest BCUT2D eigenvalue weighted by Crippen LogP contribution is -2.49. The van der Waals surface area contributed by atoms with E-state index in [4.69, 9.17) is 0 Å². The van der Waals surface area contributed by atoms with Crippen LogP contribution in [0.1, 0.15) is 51.7 Å². The van der Waals surface area contributed by atoms with E-state index in [0.29, 0.717) is 13.0 Å². The molecule has 0 spiro atoms. The van der Waals surface area contributed by atoms with Gasteiger partial charge >= 0.3 is 0 Å². The van der Waals surface area contributed by atoms with Gasteiger partial charge in [0.1, 0.15) is 6.04 Å². The van der Waals surface area contributed by atoms with Crippen LogP contribution >= 0.6 is 0 Å². The van der Waals surface area contributed by atoms with Gasteiger partial charge in [-0.25, -0.2) is 0 Å². The molecule has 0 unspecified atom stereocenters. The number of carbonyl (C=O) groups is 2. The second-order valence-electron chi connectivity index (χ2n) is 5.80. The lowest BCUT2D eigenvalue weighted by atomic mass is 10.1. The van der Waals surface area contributed by atoms with Crippen molar-refractivity contribution in [2.75, 3.05) is 0 Å². The van der Waals surface area contributed by atoms with Crippen LogP contribution in [-0.2, 0) is 16.1 Å². The van der Waals surface area contributed by atoms with E-state index in [1.165, 1.54) is 0 Å². The highest BCUT2D eigenvalue weighted by atomic mass is 16.2. The Hall–Kier alpha value is -1.84. The molecular formula is C18H28N2O2. The van der Waals surface area contributed by atoms with Crippen molar-refractivity contribution in [1.82, 2.24) is 10.2 Å². The molecule has 0 saturated carbocycles. The average molecular weight is 304 g/mol. The Labute approximate surface area is 133 Å². The molecule has 4 heteroatoms. The van der Waals surface area contributed by atoms with Gasteiger partial charge < -0.3 is 10.2 Å². The molecule has 0 bridgehead atoms. The largest absolute Gasteiger partial charge is 0.352 e. The van der Waals surface area contributed by atoms with E-state index in [2.05, 4.69) is 5.32 Å².